The van der Waals surface area contributed by atoms with E-state index in [1.807, 2.05) is 0 Å². The second-order valence-corrected chi connectivity index (χ2v) is 8.42. The molecule has 0 radical (unpaired) electrons. The molecule has 9 heteroatoms. The van der Waals surface area contributed by atoms with Crippen LogP contribution in [-0.2, 0) is 15.8 Å². The van der Waals surface area contributed by atoms with Crippen LogP contribution in [0.4, 0.5) is 11.4 Å². The molecule has 0 unspecified atom stereocenters. The van der Waals surface area contributed by atoms with Crippen LogP contribution in [0.1, 0.15) is 15.9 Å². The third kappa shape index (κ3) is 5.45. The lowest BCUT2D eigenvalue weighted by Gasteiger charge is -2.10. The summed E-state index contributed by atoms with van der Waals surface area (Å²) in [6, 6.07) is 14.2. The molecule has 0 spiro atoms. The van der Waals surface area contributed by atoms with Crippen molar-refractivity contribution in [3.8, 4) is 0 Å². The topological polar surface area (TPSA) is 88.2 Å². The number of carbonyl (C=O) groups is 1. The van der Waals surface area contributed by atoms with Gasteiger partial charge in [-0.05, 0) is 48.0 Å². The molecule has 0 bridgehead atoms. The first-order chi connectivity index (χ1) is 13.3. The zero-order chi connectivity index (χ0) is 20.1. The number of benzene rings is 2. The molecule has 0 aliphatic carbocycles. The molecule has 144 valence electrons. The summed E-state index contributed by atoms with van der Waals surface area (Å²) in [6.07, 6.45) is 3.12. The Bertz CT molecular complexity index is 1110. The number of sulfonamides is 1. The number of nitrogens with zero attached hydrogens (tertiary/aromatic N) is 1. The van der Waals surface area contributed by atoms with E-state index in [-0.39, 0.29) is 22.4 Å². The van der Waals surface area contributed by atoms with E-state index in [1.54, 1.807) is 54.9 Å². The predicted molar refractivity (Wildman–Crippen MR) is 111 cm³/mol. The maximum Gasteiger partial charge on any atom is 0.255 e. The molecule has 0 aliphatic rings. The molecule has 0 aliphatic heterocycles. The number of rotatable bonds is 6. The van der Waals surface area contributed by atoms with Gasteiger partial charge < -0.3 is 5.32 Å². The summed E-state index contributed by atoms with van der Waals surface area (Å²) in [5.41, 5.74) is 1.67. The molecule has 1 aromatic heterocycles. The number of hydrogen-bond donors (Lipinski definition) is 2. The van der Waals surface area contributed by atoms with Crippen LogP contribution in [0.15, 0.2) is 67.0 Å². The third-order valence-electron chi connectivity index (χ3n) is 3.68. The average molecular weight is 436 g/mol. The number of hydrogen-bond acceptors (Lipinski definition) is 4. The lowest BCUT2D eigenvalue weighted by molar-refractivity contribution is 0.102. The fourth-order valence-electron chi connectivity index (χ4n) is 2.43. The standard InChI is InChI=1S/C19H15Cl2N3O3S/c20-17-5-4-13(10-18(17)21)12-28(26,27)24-16-3-1-2-14(11-16)19(25)23-15-6-8-22-9-7-15/h1-11,24H,12H2,(H,22,23,25). The van der Waals surface area contributed by atoms with Crippen LogP contribution in [0, 0.1) is 0 Å². The molecule has 0 saturated carbocycles. The van der Waals surface area contributed by atoms with Crippen LogP contribution >= 0.6 is 23.2 Å². The van der Waals surface area contributed by atoms with Gasteiger partial charge in [0.2, 0.25) is 10.0 Å². The summed E-state index contributed by atoms with van der Waals surface area (Å²) < 4.78 is 27.4. The molecule has 6 nitrogen and oxygen atoms in total. The lowest BCUT2D eigenvalue weighted by atomic mass is 10.2. The van der Waals surface area contributed by atoms with Crippen molar-refractivity contribution in [3.63, 3.8) is 0 Å². The average Bonchev–Trinajstić information content (AvgIpc) is 2.65. The molecule has 28 heavy (non-hydrogen) atoms. The highest BCUT2D eigenvalue weighted by Gasteiger charge is 2.14. The first-order valence-corrected chi connectivity index (χ1v) is 10.5. The van der Waals surface area contributed by atoms with E-state index in [1.165, 1.54) is 12.1 Å². The summed E-state index contributed by atoms with van der Waals surface area (Å²) in [5.74, 6) is -0.645. The van der Waals surface area contributed by atoms with Gasteiger partial charge in [-0.1, -0.05) is 35.3 Å². The van der Waals surface area contributed by atoms with E-state index in [2.05, 4.69) is 15.0 Å². The number of nitrogens with one attached hydrogen (secondary N) is 2. The number of anilines is 2. The summed E-state index contributed by atoms with van der Waals surface area (Å²) in [4.78, 5) is 16.2. The third-order valence-corrected chi connectivity index (χ3v) is 5.68. The van der Waals surface area contributed by atoms with Gasteiger partial charge in [-0.15, -0.1) is 0 Å². The Hall–Kier alpha value is -2.61. The van der Waals surface area contributed by atoms with Crippen molar-refractivity contribution in [3.05, 3.63) is 88.2 Å². The van der Waals surface area contributed by atoms with Gasteiger partial charge in [0.1, 0.15) is 0 Å². The molecule has 0 saturated heterocycles. The molecule has 2 aromatic carbocycles. The molecular formula is C19H15Cl2N3O3S. The van der Waals surface area contributed by atoms with Gasteiger partial charge in [-0.2, -0.15) is 0 Å². The maximum absolute atomic E-state index is 12.4. The van der Waals surface area contributed by atoms with E-state index in [4.69, 9.17) is 23.2 Å². The molecule has 0 atom stereocenters. The number of aromatic nitrogens is 1. The van der Waals surface area contributed by atoms with E-state index >= 15 is 0 Å². The Morgan fingerprint density at radius 3 is 2.39 bits per heavy atom. The Kier molecular flexibility index (Phi) is 6.18. The fraction of sp³-hybridized carbons (Fsp3) is 0.0526. The van der Waals surface area contributed by atoms with Crippen molar-refractivity contribution in [2.24, 2.45) is 0 Å². The van der Waals surface area contributed by atoms with Crippen molar-refractivity contribution in [1.29, 1.82) is 0 Å². The molecule has 3 aromatic rings. The van der Waals surface area contributed by atoms with Crippen molar-refractivity contribution in [2.45, 2.75) is 5.75 Å². The largest absolute Gasteiger partial charge is 0.322 e. The maximum atomic E-state index is 12.4. The number of amides is 1. The minimum absolute atomic E-state index is 0.280. The minimum Gasteiger partial charge on any atom is -0.322 e. The zero-order valence-electron chi connectivity index (χ0n) is 14.4. The van der Waals surface area contributed by atoms with E-state index < -0.39 is 10.0 Å². The minimum atomic E-state index is -3.71. The summed E-state index contributed by atoms with van der Waals surface area (Å²) in [7, 11) is -3.71. The van der Waals surface area contributed by atoms with Gasteiger partial charge in [0.15, 0.2) is 0 Å². The highest BCUT2D eigenvalue weighted by molar-refractivity contribution is 7.91. The van der Waals surface area contributed by atoms with E-state index in [0.717, 1.165) is 0 Å². The van der Waals surface area contributed by atoms with Gasteiger partial charge >= 0.3 is 0 Å². The highest BCUT2D eigenvalue weighted by atomic mass is 35.5. The normalized spacial score (nSPS) is 11.1. The van der Waals surface area contributed by atoms with Gasteiger partial charge in [0.25, 0.3) is 5.91 Å². The van der Waals surface area contributed by atoms with Gasteiger partial charge in [-0.3, -0.25) is 14.5 Å². The van der Waals surface area contributed by atoms with E-state index in [0.29, 0.717) is 21.8 Å². The van der Waals surface area contributed by atoms with Crippen LogP contribution in [0.5, 0.6) is 0 Å². The second-order valence-electron chi connectivity index (χ2n) is 5.88. The molecule has 0 fully saturated rings. The number of halogens is 2. The summed E-state index contributed by atoms with van der Waals surface area (Å²) in [6.45, 7) is 0. The van der Waals surface area contributed by atoms with Crippen LogP contribution in [-0.4, -0.2) is 19.3 Å². The van der Waals surface area contributed by atoms with Crippen LogP contribution in [0.25, 0.3) is 0 Å². The molecule has 1 heterocycles. The monoisotopic (exact) mass is 435 g/mol. The molecule has 1 amide bonds. The quantitative estimate of drug-likeness (QED) is 0.592. The van der Waals surface area contributed by atoms with Crippen LogP contribution < -0.4 is 10.0 Å². The van der Waals surface area contributed by atoms with Crippen molar-refractivity contribution in [2.75, 3.05) is 10.0 Å². The number of carbonyl (C=O) groups excluding carboxylic acids is 1. The highest BCUT2D eigenvalue weighted by Crippen LogP contribution is 2.24. The Labute approximate surface area is 172 Å². The Morgan fingerprint density at radius 1 is 0.929 bits per heavy atom. The van der Waals surface area contributed by atoms with E-state index in [9.17, 15) is 13.2 Å². The zero-order valence-corrected chi connectivity index (χ0v) is 16.7. The van der Waals surface area contributed by atoms with Crippen LogP contribution in [0.2, 0.25) is 10.0 Å². The van der Waals surface area contributed by atoms with Gasteiger partial charge in [-0.25, -0.2) is 8.42 Å². The summed E-state index contributed by atoms with van der Waals surface area (Å²) >= 11 is 11.8. The fourth-order valence-corrected chi connectivity index (χ4v) is 3.92. The van der Waals surface area contributed by atoms with Gasteiger partial charge in [0.05, 0.1) is 15.8 Å². The summed E-state index contributed by atoms with van der Waals surface area (Å²) in [5, 5.41) is 3.35. The number of pyridine rings is 1. The van der Waals surface area contributed by atoms with Crippen LogP contribution in [0.3, 0.4) is 0 Å². The first-order valence-electron chi connectivity index (χ1n) is 8.08. The molecule has 2 N–H and O–H groups in total. The predicted octanol–water partition coefficient (Wildman–Crippen LogP) is 4.58. The lowest BCUT2D eigenvalue weighted by Crippen LogP contribution is -2.16. The van der Waals surface area contributed by atoms with Crippen molar-refractivity contribution >= 4 is 50.5 Å². The second kappa shape index (κ2) is 8.60. The first kappa shape index (κ1) is 20.1. The van der Waals surface area contributed by atoms with Gasteiger partial charge in [0, 0.05) is 29.3 Å². The molecule has 3 rings (SSSR count). The SMILES string of the molecule is O=C(Nc1ccncc1)c1cccc(NS(=O)(=O)Cc2ccc(Cl)c(Cl)c2)c1. The Balaban J connectivity index is 1.72. The smallest absolute Gasteiger partial charge is 0.255 e. The van der Waals surface area contributed by atoms with Crippen molar-refractivity contribution in [1.82, 2.24) is 4.98 Å². The Morgan fingerprint density at radius 2 is 1.68 bits per heavy atom. The van der Waals surface area contributed by atoms with Crippen molar-refractivity contribution < 1.29 is 13.2 Å². The molecular weight excluding hydrogens is 421 g/mol.